The quantitative estimate of drug-likeness (QED) is 0.747. The molecule has 0 radical (unpaired) electrons. The van der Waals surface area contributed by atoms with E-state index < -0.39 is 17.3 Å². The first-order valence-corrected chi connectivity index (χ1v) is 7.24. The highest BCUT2D eigenvalue weighted by Gasteiger charge is 2.07. The summed E-state index contributed by atoms with van der Waals surface area (Å²) in [5.41, 5.74) is 1.22. The van der Waals surface area contributed by atoms with Crippen molar-refractivity contribution in [2.24, 2.45) is 0 Å². The fourth-order valence-corrected chi connectivity index (χ4v) is 2.31. The Balaban J connectivity index is 1.70. The van der Waals surface area contributed by atoms with Crippen LogP contribution in [-0.2, 0) is 4.79 Å². The maximum Gasteiger partial charge on any atom is 0.336 e. The van der Waals surface area contributed by atoms with Gasteiger partial charge in [-0.25, -0.2) is 9.18 Å². The molecule has 0 aliphatic heterocycles. The molecule has 0 aliphatic rings. The molecule has 3 aromatic rings. The standard InChI is InChI=1S/C18H14FNO4/c1-11-7-18(22)24-16-9-13(5-6-15(11)16)20-17(21)10-23-14-4-2-3-12(19)8-14/h2-9H,10H2,1H3,(H,20,21). The Morgan fingerprint density at radius 2 is 2.04 bits per heavy atom. The predicted molar refractivity (Wildman–Crippen MR) is 87.7 cm³/mol. The summed E-state index contributed by atoms with van der Waals surface area (Å²) < 4.78 is 23.4. The van der Waals surface area contributed by atoms with E-state index in [1.165, 1.54) is 24.3 Å². The van der Waals surface area contributed by atoms with Crippen LogP contribution >= 0.6 is 0 Å². The van der Waals surface area contributed by atoms with Gasteiger partial charge in [-0.3, -0.25) is 4.79 Å². The molecule has 1 amide bonds. The third-order valence-corrected chi connectivity index (χ3v) is 3.40. The van der Waals surface area contributed by atoms with Crippen molar-refractivity contribution in [3.63, 3.8) is 0 Å². The van der Waals surface area contributed by atoms with E-state index in [-0.39, 0.29) is 12.4 Å². The maximum absolute atomic E-state index is 13.0. The largest absolute Gasteiger partial charge is 0.484 e. The summed E-state index contributed by atoms with van der Waals surface area (Å²) >= 11 is 0. The molecule has 0 aliphatic carbocycles. The molecular formula is C18H14FNO4. The first-order chi connectivity index (χ1) is 11.5. The molecule has 5 nitrogen and oxygen atoms in total. The van der Waals surface area contributed by atoms with E-state index in [2.05, 4.69) is 5.32 Å². The van der Waals surface area contributed by atoms with Crippen molar-refractivity contribution in [2.45, 2.75) is 6.92 Å². The number of halogens is 1. The Morgan fingerprint density at radius 3 is 2.83 bits per heavy atom. The SMILES string of the molecule is Cc1cc(=O)oc2cc(NC(=O)COc3cccc(F)c3)ccc12. The molecule has 6 heteroatoms. The molecular weight excluding hydrogens is 313 g/mol. The van der Waals surface area contributed by atoms with Crippen LogP contribution in [0.4, 0.5) is 10.1 Å². The lowest BCUT2D eigenvalue weighted by Crippen LogP contribution is -2.20. The van der Waals surface area contributed by atoms with E-state index in [1.807, 2.05) is 6.92 Å². The highest BCUT2D eigenvalue weighted by molar-refractivity contribution is 5.94. The number of anilines is 1. The molecule has 24 heavy (non-hydrogen) atoms. The Hall–Kier alpha value is -3.15. The number of hydrogen-bond acceptors (Lipinski definition) is 4. The van der Waals surface area contributed by atoms with Gasteiger partial charge in [0.1, 0.15) is 17.1 Å². The van der Waals surface area contributed by atoms with Crippen molar-refractivity contribution in [1.82, 2.24) is 0 Å². The van der Waals surface area contributed by atoms with Gasteiger partial charge in [-0.15, -0.1) is 0 Å². The minimum Gasteiger partial charge on any atom is -0.484 e. The van der Waals surface area contributed by atoms with Crippen molar-refractivity contribution >= 4 is 22.6 Å². The molecule has 0 saturated carbocycles. The summed E-state index contributed by atoms with van der Waals surface area (Å²) in [7, 11) is 0. The summed E-state index contributed by atoms with van der Waals surface area (Å²) in [5.74, 6) is -0.577. The monoisotopic (exact) mass is 327 g/mol. The van der Waals surface area contributed by atoms with E-state index in [0.29, 0.717) is 11.3 Å². The Labute approximate surface area is 136 Å². The van der Waals surface area contributed by atoms with Crippen molar-refractivity contribution < 1.29 is 18.3 Å². The van der Waals surface area contributed by atoms with Crippen LogP contribution in [0, 0.1) is 12.7 Å². The zero-order valence-electron chi connectivity index (χ0n) is 12.8. The van der Waals surface area contributed by atoms with Gasteiger partial charge in [0, 0.05) is 29.3 Å². The lowest BCUT2D eigenvalue weighted by Gasteiger charge is -2.08. The molecule has 1 N–H and O–H groups in total. The molecule has 0 unspecified atom stereocenters. The van der Waals surface area contributed by atoms with E-state index in [4.69, 9.17) is 9.15 Å². The molecule has 0 spiro atoms. The molecule has 0 bridgehead atoms. The summed E-state index contributed by atoms with van der Waals surface area (Å²) in [6.07, 6.45) is 0. The minimum absolute atomic E-state index is 0.265. The smallest absolute Gasteiger partial charge is 0.336 e. The molecule has 2 aromatic carbocycles. The van der Waals surface area contributed by atoms with Gasteiger partial charge in [-0.1, -0.05) is 6.07 Å². The molecule has 0 fully saturated rings. The first-order valence-electron chi connectivity index (χ1n) is 7.24. The Bertz CT molecular complexity index is 965. The van der Waals surface area contributed by atoms with E-state index >= 15 is 0 Å². The summed E-state index contributed by atoms with van der Waals surface area (Å²) in [6, 6.07) is 12.0. The van der Waals surface area contributed by atoms with E-state index in [1.54, 1.807) is 24.3 Å². The number of hydrogen-bond donors (Lipinski definition) is 1. The molecule has 122 valence electrons. The summed E-state index contributed by atoms with van der Waals surface area (Å²) in [4.78, 5) is 23.3. The van der Waals surface area contributed by atoms with Crippen molar-refractivity contribution in [1.29, 1.82) is 0 Å². The van der Waals surface area contributed by atoms with Crippen LogP contribution < -0.4 is 15.7 Å². The lowest BCUT2D eigenvalue weighted by atomic mass is 10.1. The predicted octanol–water partition coefficient (Wildman–Crippen LogP) is 3.26. The molecule has 1 aromatic heterocycles. The van der Waals surface area contributed by atoms with Gasteiger partial charge in [-0.2, -0.15) is 0 Å². The molecule has 1 heterocycles. The fraction of sp³-hybridized carbons (Fsp3) is 0.111. The van der Waals surface area contributed by atoms with E-state index in [9.17, 15) is 14.0 Å². The number of nitrogens with one attached hydrogen (secondary N) is 1. The van der Waals surface area contributed by atoms with Crippen LogP contribution in [0.3, 0.4) is 0 Å². The highest BCUT2D eigenvalue weighted by Crippen LogP contribution is 2.20. The normalized spacial score (nSPS) is 10.6. The number of carbonyl (C=O) groups excluding carboxylic acids is 1. The summed E-state index contributed by atoms with van der Waals surface area (Å²) in [5, 5.41) is 3.43. The third kappa shape index (κ3) is 3.60. The first kappa shape index (κ1) is 15.7. The molecule has 3 rings (SSSR count). The van der Waals surface area contributed by atoms with Crippen LogP contribution in [0.2, 0.25) is 0 Å². The second-order valence-corrected chi connectivity index (χ2v) is 5.25. The average Bonchev–Trinajstić information content (AvgIpc) is 2.52. The number of benzene rings is 2. The second-order valence-electron chi connectivity index (χ2n) is 5.25. The number of aryl methyl sites for hydroxylation is 1. The van der Waals surface area contributed by atoms with Crippen LogP contribution in [0.5, 0.6) is 5.75 Å². The minimum atomic E-state index is -0.446. The lowest BCUT2D eigenvalue weighted by molar-refractivity contribution is -0.118. The zero-order valence-corrected chi connectivity index (χ0v) is 12.8. The van der Waals surface area contributed by atoms with E-state index in [0.717, 1.165) is 10.9 Å². The average molecular weight is 327 g/mol. The van der Waals surface area contributed by atoms with Gasteiger partial charge >= 0.3 is 5.63 Å². The van der Waals surface area contributed by atoms with Gasteiger partial charge in [0.15, 0.2) is 6.61 Å². The number of carbonyl (C=O) groups is 1. The van der Waals surface area contributed by atoms with Crippen molar-refractivity contribution in [3.8, 4) is 5.75 Å². The van der Waals surface area contributed by atoms with Gasteiger partial charge in [-0.05, 0) is 36.8 Å². The number of amides is 1. The van der Waals surface area contributed by atoms with Gasteiger partial charge in [0.2, 0.25) is 0 Å². The second kappa shape index (κ2) is 6.54. The number of ether oxygens (including phenoxy) is 1. The van der Waals surface area contributed by atoms with Crippen LogP contribution in [0.25, 0.3) is 11.0 Å². The van der Waals surface area contributed by atoms with Crippen LogP contribution in [-0.4, -0.2) is 12.5 Å². The van der Waals surface area contributed by atoms with Crippen LogP contribution in [0.1, 0.15) is 5.56 Å². The van der Waals surface area contributed by atoms with Gasteiger partial charge < -0.3 is 14.5 Å². The maximum atomic E-state index is 13.0. The fourth-order valence-electron chi connectivity index (χ4n) is 2.31. The Kier molecular flexibility index (Phi) is 4.29. The van der Waals surface area contributed by atoms with Gasteiger partial charge in [0.25, 0.3) is 5.91 Å². The van der Waals surface area contributed by atoms with Crippen molar-refractivity contribution in [2.75, 3.05) is 11.9 Å². The summed E-state index contributed by atoms with van der Waals surface area (Å²) in [6.45, 7) is 1.55. The highest BCUT2D eigenvalue weighted by atomic mass is 19.1. The number of fused-ring (bicyclic) bond motifs is 1. The van der Waals surface area contributed by atoms with Crippen molar-refractivity contribution in [3.05, 3.63) is 70.3 Å². The van der Waals surface area contributed by atoms with Gasteiger partial charge in [0.05, 0.1) is 0 Å². The molecule has 0 atom stereocenters. The van der Waals surface area contributed by atoms with Crippen LogP contribution in [0.15, 0.2) is 57.7 Å². The molecule has 0 saturated heterocycles. The zero-order chi connectivity index (χ0) is 17.1. The third-order valence-electron chi connectivity index (χ3n) is 3.40. The number of rotatable bonds is 4. The Morgan fingerprint density at radius 1 is 1.21 bits per heavy atom. The topological polar surface area (TPSA) is 68.5 Å².